The molecule has 1 aliphatic carbocycles. The fraction of sp³-hybridized carbons (Fsp3) is 0.333. The third-order valence-corrected chi connectivity index (χ3v) is 4.39. The molecule has 2 aromatic rings. The maximum Gasteiger partial charge on any atom is 0.119 e. The van der Waals surface area contributed by atoms with Gasteiger partial charge in [-0.1, -0.05) is 36.4 Å². The Balaban J connectivity index is 1.76. The number of ether oxygens (including phenoxy) is 1. The van der Waals surface area contributed by atoms with Gasteiger partial charge in [0.15, 0.2) is 0 Å². The molecule has 2 heteroatoms. The lowest BCUT2D eigenvalue weighted by atomic mass is 9.94. The minimum atomic E-state index is 0.166. The van der Waals surface area contributed by atoms with Crippen LogP contribution in [-0.2, 0) is 6.42 Å². The molecule has 0 aliphatic heterocycles. The highest BCUT2D eigenvalue weighted by Crippen LogP contribution is 2.45. The second kappa shape index (κ2) is 5.88. The first kappa shape index (κ1) is 13.5. The van der Waals surface area contributed by atoms with Crippen LogP contribution in [0.2, 0.25) is 0 Å². The van der Waals surface area contributed by atoms with Crippen LogP contribution in [-0.4, -0.2) is 6.61 Å². The SMILES string of the molecule is CCOc1ccc(CC2CC(Cl)c3ccccc32)cc1. The van der Waals surface area contributed by atoms with E-state index in [4.69, 9.17) is 16.3 Å². The molecule has 2 unspecified atom stereocenters. The number of alkyl halides is 1. The molecule has 0 fully saturated rings. The van der Waals surface area contributed by atoms with Crippen LogP contribution in [0.5, 0.6) is 5.75 Å². The van der Waals surface area contributed by atoms with Crippen LogP contribution < -0.4 is 4.74 Å². The van der Waals surface area contributed by atoms with Gasteiger partial charge in [0, 0.05) is 0 Å². The molecule has 3 rings (SSSR count). The molecule has 0 N–H and O–H groups in total. The van der Waals surface area contributed by atoms with Crippen LogP contribution in [0.3, 0.4) is 0 Å². The summed E-state index contributed by atoms with van der Waals surface area (Å²) in [5, 5.41) is 0.166. The van der Waals surface area contributed by atoms with Crippen LogP contribution in [0, 0.1) is 0 Å². The van der Waals surface area contributed by atoms with E-state index in [-0.39, 0.29) is 5.38 Å². The van der Waals surface area contributed by atoms with Crippen LogP contribution in [0.1, 0.15) is 41.3 Å². The van der Waals surface area contributed by atoms with E-state index in [0.29, 0.717) is 12.5 Å². The molecule has 1 aliphatic rings. The highest BCUT2D eigenvalue weighted by Gasteiger charge is 2.29. The number of benzene rings is 2. The van der Waals surface area contributed by atoms with Crippen molar-refractivity contribution in [2.24, 2.45) is 0 Å². The van der Waals surface area contributed by atoms with E-state index >= 15 is 0 Å². The van der Waals surface area contributed by atoms with Crippen molar-refractivity contribution in [3.8, 4) is 5.75 Å². The predicted octanol–water partition coefficient (Wildman–Crippen LogP) is 5.10. The fourth-order valence-electron chi connectivity index (χ4n) is 3.04. The van der Waals surface area contributed by atoms with Crippen LogP contribution in [0.4, 0.5) is 0 Å². The monoisotopic (exact) mass is 286 g/mol. The molecule has 2 atom stereocenters. The lowest BCUT2D eigenvalue weighted by Gasteiger charge is -2.12. The Morgan fingerprint density at radius 1 is 1.05 bits per heavy atom. The van der Waals surface area contributed by atoms with Crippen molar-refractivity contribution in [3.05, 3.63) is 65.2 Å². The minimum Gasteiger partial charge on any atom is -0.494 e. The molecule has 0 bridgehead atoms. The van der Waals surface area contributed by atoms with Crippen LogP contribution in [0.25, 0.3) is 0 Å². The average molecular weight is 287 g/mol. The zero-order chi connectivity index (χ0) is 13.9. The zero-order valence-electron chi connectivity index (χ0n) is 11.7. The van der Waals surface area contributed by atoms with Crippen molar-refractivity contribution >= 4 is 11.6 Å². The quantitative estimate of drug-likeness (QED) is 0.711. The van der Waals surface area contributed by atoms with Crippen molar-refractivity contribution in [1.82, 2.24) is 0 Å². The van der Waals surface area contributed by atoms with E-state index in [1.54, 1.807) is 0 Å². The van der Waals surface area contributed by atoms with Crippen molar-refractivity contribution in [2.45, 2.75) is 31.1 Å². The van der Waals surface area contributed by atoms with E-state index in [1.165, 1.54) is 16.7 Å². The Hall–Kier alpha value is -1.47. The molecule has 0 radical (unpaired) electrons. The minimum absolute atomic E-state index is 0.166. The lowest BCUT2D eigenvalue weighted by molar-refractivity contribution is 0.340. The highest BCUT2D eigenvalue weighted by atomic mass is 35.5. The standard InChI is InChI=1S/C18H19ClO/c1-2-20-15-9-7-13(8-10-15)11-14-12-18(19)17-6-4-3-5-16(14)17/h3-10,14,18H,2,11-12H2,1H3. The molecule has 0 saturated heterocycles. The number of rotatable bonds is 4. The van der Waals surface area contributed by atoms with E-state index in [0.717, 1.165) is 18.6 Å². The molecule has 0 saturated carbocycles. The Kier molecular flexibility index (Phi) is 3.98. The molecular formula is C18H19ClO. The van der Waals surface area contributed by atoms with Gasteiger partial charge in [-0.2, -0.15) is 0 Å². The summed E-state index contributed by atoms with van der Waals surface area (Å²) in [5.41, 5.74) is 4.07. The second-order valence-corrected chi connectivity index (χ2v) is 5.84. The largest absolute Gasteiger partial charge is 0.494 e. The molecule has 0 spiro atoms. The molecule has 0 heterocycles. The zero-order valence-corrected chi connectivity index (χ0v) is 12.4. The lowest BCUT2D eigenvalue weighted by Crippen LogP contribution is -1.99. The first-order valence-electron chi connectivity index (χ1n) is 7.22. The molecule has 104 valence electrons. The summed E-state index contributed by atoms with van der Waals surface area (Å²) in [6, 6.07) is 17.0. The fourth-order valence-corrected chi connectivity index (χ4v) is 3.45. The van der Waals surface area contributed by atoms with Gasteiger partial charge < -0.3 is 4.74 Å². The van der Waals surface area contributed by atoms with Gasteiger partial charge in [0.05, 0.1) is 12.0 Å². The number of hydrogen-bond donors (Lipinski definition) is 0. The third-order valence-electron chi connectivity index (χ3n) is 3.98. The summed E-state index contributed by atoms with van der Waals surface area (Å²) in [6.07, 6.45) is 2.08. The van der Waals surface area contributed by atoms with Gasteiger partial charge in [0.2, 0.25) is 0 Å². The van der Waals surface area contributed by atoms with Gasteiger partial charge in [-0.3, -0.25) is 0 Å². The molecule has 0 aromatic heterocycles. The van der Waals surface area contributed by atoms with E-state index < -0.39 is 0 Å². The Morgan fingerprint density at radius 3 is 2.45 bits per heavy atom. The summed E-state index contributed by atoms with van der Waals surface area (Å²) < 4.78 is 5.48. The Labute approximate surface area is 125 Å². The van der Waals surface area contributed by atoms with Crippen molar-refractivity contribution < 1.29 is 4.74 Å². The van der Waals surface area contributed by atoms with Crippen molar-refractivity contribution in [1.29, 1.82) is 0 Å². The van der Waals surface area contributed by atoms with E-state index in [2.05, 4.69) is 48.5 Å². The van der Waals surface area contributed by atoms with Crippen LogP contribution in [0.15, 0.2) is 48.5 Å². The van der Waals surface area contributed by atoms with Crippen molar-refractivity contribution in [3.63, 3.8) is 0 Å². The first-order valence-corrected chi connectivity index (χ1v) is 7.66. The molecule has 2 aromatic carbocycles. The Bertz CT molecular complexity index is 576. The number of fused-ring (bicyclic) bond motifs is 1. The second-order valence-electron chi connectivity index (χ2n) is 5.31. The summed E-state index contributed by atoms with van der Waals surface area (Å²) in [6.45, 7) is 2.72. The van der Waals surface area contributed by atoms with Crippen molar-refractivity contribution in [2.75, 3.05) is 6.61 Å². The van der Waals surface area contributed by atoms with Gasteiger partial charge in [-0.25, -0.2) is 0 Å². The van der Waals surface area contributed by atoms with Gasteiger partial charge in [0.1, 0.15) is 5.75 Å². The summed E-state index contributed by atoms with van der Waals surface area (Å²) in [7, 11) is 0. The average Bonchev–Trinajstić information content (AvgIpc) is 2.79. The summed E-state index contributed by atoms with van der Waals surface area (Å²) in [4.78, 5) is 0. The summed E-state index contributed by atoms with van der Waals surface area (Å²) >= 11 is 6.45. The molecule has 0 amide bonds. The maximum atomic E-state index is 6.45. The van der Waals surface area contributed by atoms with Gasteiger partial charge in [-0.15, -0.1) is 11.6 Å². The third kappa shape index (κ3) is 2.69. The van der Waals surface area contributed by atoms with E-state index in [1.807, 2.05) is 6.92 Å². The molecular weight excluding hydrogens is 268 g/mol. The Morgan fingerprint density at radius 2 is 1.75 bits per heavy atom. The maximum absolute atomic E-state index is 6.45. The predicted molar refractivity (Wildman–Crippen MR) is 83.7 cm³/mol. The number of halogens is 1. The van der Waals surface area contributed by atoms with E-state index in [9.17, 15) is 0 Å². The number of hydrogen-bond acceptors (Lipinski definition) is 1. The smallest absolute Gasteiger partial charge is 0.119 e. The first-order chi connectivity index (χ1) is 9.78. The molecule has 20 heavy (non-hydrogen) atoms. The highest BCUT2D eigenvalue weighted by molar-refractivity contribution is 6.21. The van der Waals surface area contributed by atoms with Gasteiger partial charge >= 0.3 is 0 Å². The van der Waals surface area contributed by atoms with Crippen LogP contribution >= 0.6 is 11.6 Å². The van der Waals surface area contributed by atoms with Gasteiger partial charge in [-0.05, 0) is 54.5 Å². The topological polar surface area (TPSA) is 9.23 Å². The normalized spacial score (nSPS) is 20.7. The molecule has 1 nitrogen and oxygen atoms in total. The van der Waals surface area contributed by atoms with Gasteiger partial charge in [0.25, 0.3) is 0 Å². The summed E-state index contributed by atoms with van der Waals surface area (Å²) in [5.74, 6) is 1.48.